The van der Waals surface area contributed by atoms with E-state index in [1.165, 1.54) is 0 Å². The van der Waals surface area contributed by atoms with Crippen LogP contribution < -0.4 is 4.90 Å². The van der Waals surface area contributed by atoms with E-state index >= 15 is 0 Å². The molecule has 0 aliphatic rings. The second-order valence-corrected chi connectivity index (χ2v) is 5.43. The van der Waals surface area contributed by atoms with E-state index in [-0.39, 0.29) is 5.91 Å². The summed E-state index contributed by atoms with van der Waals surface area (Å²) in [7, 11) is 3.80. The molecular formula is C14H23N3O2. The van der Waals surface area contributed by atoms with Crippen LogP contribution in [0.2, 0.25) is 0 Å². The van der Waals surface area contributed by atoms with Crippen LogP contribution in [-0.2, 0) is 0 Å². The quantitative estimate of drug-likeness (QED) is 0.874. The summed E-state index contributed by atoms with van der Waals surface area (Å²) in [6.07, 6.45) is 1.57. The molecule has 19 heavy (non-hydrogen) atoms. The number of anilines is 1. The van der Waals surface area contributed by atoms with Crippen molar-refractivity contribution in [1.82, 2.24) is 9.88 Å². The summed E-state index contributed by atoms with van der Waals surface area (Å²) in [6, 6.07) is 3.57. The highest BCUT2D eigenvalue weighted by molar-refractivity contribution is 5.94. The van der Waals surface area contributed by atoms with Gasteiger partial charge in [0.2, 0.25) is 0 Å². The van der Waals surface area contributed by atoms with Crippen LogP contribution in [-0.4, -0.2) is 53.7 Å². The Bertz CT molecular complexity index is 421. The maximum absolute atomic E-state index is 12.3. The third-order valence-corrected chi connectivity index (χ3v) is 2.70. The third kappa shape index (κ3) is 4.52. The number of rotatable bonds is 5. The second-order valence-electron chi connectivity index (χ2n) is 5.43. The minimum Gasteiger partial charge on any atom is -0.389 e. The van der Waals surface area contributed by atoms with Gasteiger partial charge in [-0.05, 0) is 32.9 Å². The molecule has 0 radical (unpaired) electrons. The Hall–Kier alpha value is -1.62. The number of carbonyl (C=O) groups excluding carboxylic acids is 1. The highest BCUT2D eigenvalue weighted by atomic mass is 16.3. The Morgan fingerprint density at radius 3 is 2.37 bits per heavy atom. The molecule has 1 N–H and O–H groups in total. The summed E-state index contributed by atoms with van der Waals surface area (Å²) in [5, 5.41) is 9.82. The van der Waals surface area contributed by atoms with Crippen LogP contribution in [0.1, 0.15) is 31.1 Å². The van der Waals surface area contributed by atoms with E-state index in [0.29, 0.717) is 18.7 Å². The SMILES string of the molecule is CCN(CC(C)(C)O)C(=O)c1ccc(N(C)C)nc1. The summed E-state index contributed by atoms with van der Waals surface area (Å²) in [5.41, 5.74) is -0.362. The largest absolute Gasteiger partial charge is 0.389 e. The maximum Gasteiger partial charge on any atom is 0.255 e. The number of pyridine rings is 1. The van der Waals surface area contributed by atoms with Crippen molar-refractivity contribution in [3.63, 3.8) is 0 Å². The molecule has 0 aliphatic carbocycles. The summed E-state index contributed by atoms with van der Waals surface area (Å²) in [6.45, 7) is 6.13. The van der Waals surface area contributed by atoms with Gasteiger partial charge in [-0.3, -0.25) is 4.79 Å². The lowest BCUT2D eigenvalue weighted by Crippen LogP contribution is -2.42. The predicted molar refractivity (Wildman–Crippen MR) is 76.4 cm³/mol. The molecule has 1 heterocycles. The van der Waals surface area contributed by atoms with Crippen molar-refractivity contribution in [2.45, 2.75) is 26.4 Å². The van der Waals surface area contributed by atoms with Crippen LogP contribution in [0.4, 0.5) is 5.82 Å². The van der Waals surface area contributed by atoms with E-state index in [4.69, 9.17) is 0 Å². The number of aliphatic hydroxyl groups is 1. The lowest BCUT2D eigenvalue weighted by molar-refractivity contribution is 0.0314. The molecule has 1 amide bonds. The molecule has 0 atom stereocenters. The van der Waals surface area contributed by atoms with Crippen LogP contribution in [0.3, 0.4) is 0 Å². The van der Waals surface area contributed by atoms with Gasteiger partial charge in [-0.2, -0.15) is 0 Å². The Labute approximate surface area is 114 Å². The van der Waals surface area contributed by atoms with E-state index in [2.05, 4.69) is 4.98 Å². The van der Waals surface area contributed by atoms with Gasteiger partial charge in [0.25, 0.3) is 5.91 Å². The number of hydrogen-bond donors (Lipinski definition) is 1. The standard InChI is InChI=1S/C14H23N3O2/c1-6-17(10-14(2,3)19)13(18)11-7-8-12(15-9-11)16(4)5/h7-9,19H,6,10H2,1-5H3. The lowest BCUT2D eigenvalue weighted by Gasteiger charge is -2.28. The fourth-order valence-corrected chi connectivity index (χ4v) is 1.75. The van der Waals surface area contributed by atoms with Gasteiger partial charge in [0.1, 0.15) is 5.82 Å². The van der Waals surface area contributed by atoms with Crippen LogP contribution >= 0.6 is 0 Å². The van der Waals surface area contributed by atoms with Crippen molar-refractivity contribution >= 4 is 11.7 Å². The molecule has 0 aromatic carbocycles. The van der Waals surface area contributed by atoms with E-state index < -0.39 is 5.60 Å². The van der Waals surface area contributed by atoms with E-state index in [1.54, 1.807) is 31.0 Å². The fourth-order valence-electron chi connectivity index (χ4n) is 1.75. The molecule has 106 valence electrons. The molecule has 1 rings (SSSR count). The fraction of sp³-hybridized carbons (Fsp3) is 0.571. The monoisotopic (exact) mass is 265 g/mol. The van der Waals surface area contributed by atoms with Crippen LogP contribution in [0.5, 0.6) is 0 Å². The zero-order valence-electron chi connectivity index (χ0n) is 12.3. The first-order chi connectivity index (χ1) is 8.74. The minimum absolute atomic E-state index is 0.109. The number of amides is 1. The van der Waals surface area contributed by atoms with Gasteiger partial charge in [0.05, 0.1) is 11.2 Å². The van der Waals surface area contributed by atoms with Gasteiger partial charge in [-0.25, -0.2) is 4.98 Å². The number of aromatic nitrogens is 1. The van der Waals surface area contributed by atoms with Crippen molar-refractivity contribution in [3.05, 3.63) is 23.9 Å². The third-order valence-electron chi connectivity index (χ3n) is 2.70. The van der Waals surface area contributed by atoms with Gasteiger partial charge < -0.3 is 14.9 Å². The van der Waals surface area contributed by atoms with Crippen molar-refractivity contribution in [2.75, 3.05) is 32.1 Å². The average Bonchev–Trinajstić information content (AvgIpc) is 2.34. The van der Waals surface area contributed by atoms with Crippen molar-refractivity contribution in [1.29, 1.82) is 0 Å². The zero-order valence-corrected chi connectivity index (χ0v) is 12.3. The average molecular weight is 265 g/mol. The van der Waals surface area contributed by atoms with Crippen LogP contribution in [0, 0.1) is 0 Å². The second kappa shape index (κ2) is 6.02. The summed E-state index contributed by atoms with van der Waals surface area (Å²) in [5.74, 6) is 0.699. The first kappa shape index (κ1) is 15.4. The van der Waals surface area contributed by atoms with Gasteiger partial charge in [0.15, 0.2) is 0 Å². The molecule has 0 bridgehead atoms. The molecule has 0 aliphatic heterocycles. The molecule has 5 nitrogen and oxygen atoms in total. The first-order valence-corrected chi connectivity index (χ1v) is 6.39. The van der Waals surface area contributed by atoms with Crippen LogP contribution in [0.25, 0.3) is 0 Å². The van der Waals surface area contributed by atoms with E-state index in [0.717, 1.165) is 5.82 Å². The minimum atomic E-state index is -0.900. The molecular weight excluding hydrogens is 242 g/mol. The molecule has 0 saturated carbocycles. The predicted octanol–water partition coefficient (Wildman–Crippen LogP) is 1.38. The molecule has 0 spiro atoms. The normalized spacial score (nSPS) is 11.3. The molecule has 1 aromatic heterocycles. The smallest absolute Gasteiger partial charge is 0.255 e. The molecule has 0 fully saturated rings. The summed E-state index contributed by atoms with van der Waals surface area (Å²) < 4.78 is 0. The maximum atomic E-state index is 12.3. The van der Waals surface area contributed by atoms with Crippen molar-refractivity contribution in [2.24, 2.45) is 0 Å². The Morgan fingerprint density at radius 1 is 1.37 bits per heavy atom. The van der Waals surface area contributed by atoms with Gasteiger partial charge in [-0.1, -0.05) is 0 Å². The summed E-state index contributed by atoms with van der Waals surface area (Å²) >= 11 is 0. The van der Waals surface area contributed by atoms with E-state index in [9.17, 15) is 9.90 Å². The molecule has 0 unspecified atom stereocenters. The molecule has 1 aromatic rings. The lowest BCUT2D eigenvalue weighted by atomic mass is 10.1. The zero-order chi connectivity index (χ0) is 14.6. The highest BCUT2D eigenvalue weighted by Gasteiger charge is 2.22. The Morgan fingerprint density at radius 2 is 2.00 bits per heavy atom. The van der Waals surface area contributed by atoms with E-state index in [1.807, 2.05) is 32.0 Å². The van der Waals surface area contributed by atoms with Gasteiger partial charge in [0, 0.05) is 33.4 Å². The highest BCUT2D eigenvalue weighted by Crippen LogP contribution is 2.12. The van der Waals surface area contributed by atoms with Crippen LogP contribution in [0.15, 0.2) is 18.3 Å². The Balaban J connectivity index is 2.86. The number of nitrogens with zero attached hydrogens (tertiary/aromatic N) is 3. The molecule has 0 saturated heterocycles. The van der Waals surface area contributed by atoms with Crippen molar-refractivity contribution < 1.29 is 9.90 Å². The number of hydrogen-bond acceptors (Lipinski definition) is 4. The Kier molecular flexibility index (Phi) is 4.89. The van der Waals surface area contributed by atoms with Gasteiger partial charge >= 0.3 is 0 Å². The first-order valence-electron chi connectivity index (χ1n) is 6.39. The number of carbonyl (C=O) groups is 1. The topological polar surface area (TPSA) is 56.7 Å². The molecule has 5 heteroatoms. The van der Waals surface area contributed by atoms with Gasteiger partial charge in [-0.15, -0.1) is 0 Å². The number of likely N-dealkylation sites (N-methyl/N-ethyl adjacent to an activating group) is 1. The summed E-state index contributed by atoms with van der Waals surface area (Å²) in [4.78, 5) is 20.0. The van der Waals surface area contributed by atoms with Crippen molar-refractivity contribution in [3.8, 4) is 0 Å².